The summed E-state index contributed by atoms with van der Waals surface area (Å²) in [6, 6.07) is 11.1. The highest BCUT2D eigenvalue weighted by Gasteiger charge is 2.48. The molecular weight excluding hydrogens is 536 g/mol. The number of hydrogen-bond donors (Lipinski definition) is 2. The van der Waals surface area contributed by atoms with E-state index in [1.807, 2.05) is 18.2 Å². The largest absolute Gasteiger partial charge is 0.487 e. The number of aryl methyl sites for hydroxylation is 1. The summed E-state index contributed by atoms with van der Waals surface area (Å²) in [6.07, 6.45) is 6.97. The van der Waals surface area contributed by atoms with Crippen molar-refractivity contribution in [3.8, 4) is 5.75 Å². The van der Waals surface area contributed by atoms with Gasteiger partial charge >= 0.3 is 0 Å². The topological polar surface area (TPSA) is 95.9 Å². The van der Waals surface area contributed by atoms with Gasteiger partial charge in [0.15, 0.2) is 0 Å². The lowest BCUT2D eigenvalue weighted by Gasteiger charge is -2.52. The Bertz CT molecular complexity index is 1320. The first-order chi connectivity index (χ1) is 18.6. The number of nitrogens with zero attached hydrogens (tertiary/aromatic N) is 1. The first-order valence-corrected chi connectivity index (χ1v) is 16.2. The molecule has 2 N–H and O–H groups in total. The van der Waals surface area contributed by atoms with Gasteiger partial charge in [0.1, 0.15) is 12.4 Å². The molecule has 5 rings (SSSR count). The molecule has 7 nitrogen and oxygen atoms in total. The second-order valence-electron chi connectivity index (χ2n) is 11.6. The van der Waals surface area contributed by atoms with Crippen molar-refractivity contribution in [2.45, 2.75) is 77.4 Å². The van der Waals surface area contributed by atoms with Crippen LogP contribution in [0.25, 0.3) is 0 Å². The van der Waals surface area contributed by atoms with Crippen molar-refractivity contribution in [3.63, 3.8) is 0 Å². The quantitative estimate of drug-likeness (QED) is 0.433. The first kappa shape index (κ1) is 28.2. The number of aliphatic hydroxyl groups is 1. The van der Waals surface area contributed by atoms with Gasteiger partial charge in [-0.05, 0) is 97.7 Å². The van der Waals surface area contributed by atoms with E-state index >= 15 is 0 Å². The van der Waals surface area contributed by atoms with Gasteiger partial charge in [0.25, 0.3) is 5.91 Å². The Hall–Kier alpha value is -2.29. The third-order valence-corrected chi connectivity index (χ3v) is 10.6. The molecule has 0 radical (unpaired) electrons. The lowest BCUT2D eigenvalue weighted by atomic mass is 9.57. The molecule has 2 heterocycles. The molecule has 9 heteroatoms. The van der Waals surface area contributed by atoms with Crippen LogP contribution in [0.5, 0.6) is 5.75 Å². The molecule has 1 amide bonds. The van der Waals surface area contributed by atoms with Crippen LogP contribution in [0.1, 0.15) is 79.8 Å². The van der Waals surface area contributed by atoms with Crippen LogP contribution >= 0.6 is 11.6 Å². The van der Waals surface area contributed by atoms with E-state index in [-0.39, 0.29) is 16.7 Å². The summed E-state index contributed by atoms with van der Waals surface area (Å²) in [6.45, 7) is 4.06. The molecule has 2 aromatic carbocycles. The highest BCUT2D eigenvalue weighted by Crippen LogP contribution is 2.51. The predicted molar refractivity (Wildman–Crippen MR) is 154 cm³/mol. The maximum Gasteiger partial charge on any atom is 0.264 e. The highest BCUT2D eigenvalue weighted by atomic mass is 35.5. The molecule has 1 fully saturated rings. The number of hydrogen-bond acceptors (Lipinski definition) is 6. The van der Waals surface area contributed by atoms with Crippen molar-refractivity contribution >= 4 is 33.2 Å². The Balaban J connectivity index is 1.53. The summed E-state index contributed by atoms with van der Waals surface area (Å²) in [4.78, 5) is 15.3. The Morgan fingerprint density at radius 3 is 2.69 bits per heavy atom. The fraction of sp³-hybridized carbons (Fsp3) is 0.567. The van der Waals surface area contributed by atoms with E-state index in [0.29, 0.717) is 42.6 Å². The van der Waals surface area contributed by atoms with Gasteiger partial charge < -0.3 is 14.7 Å². The molecule has 0 saturated heterocycles. The van der Waals surface area contributed by atoms with Crippen molar-refractivity contribution in [2.24, 2.45) is 11.3 Å². The molecule has 0 spiro atoms. The standard InChI is InChI=1S/C30H39ClN2O5S/c1-30-14-13-24(30)19-33-15-5-4-7-21-17-25(31)11-9-23(21)20-38-27-12-10-22(18-26(27)33)29(35)32-39(36,37)16-6-2-3-8-28(30)34/h9-12,17-18,24,28,34H,2-8,13-16,19-20H2,1H3,(H,32,35)/t24-,28-,30+/m0/s1. The number of carbonyl (C=O) groups excluding carboxylic acids is 1. The molecular formula is C30H39ClN2O5S. The minimum absolute atomic E-state index is 0.113. The average molecular weight is 575 g/mol. The Labute approximate surface area is 236 Å². The third kappa shape index (κ3) is 6.39. The second kappa shape index (κ2) is 11.7. The van der Waals surface area contributed by atoms with Crippen LogP contribution in [0.2, 0.25) is 5.02 Å². The minimum Gasteiger partial charge on any atom is -0.487 e. The lowest BCUT2D eigenvalue weighted by Crippen LogP contribution is -2.51. The molecule has 2 bridgehead atoms. The van der Waals surface area contributed by atoms with Crippen molar-refractivity contribution < 1.29 is 23.1 Å². The summed E-state index contributed by atoms with van der Waals surface area (Å²) in [5.74, 6) is 0.230. The maximum atomic E-state index is 13.1. The van der Waals surface area contributed by atoms with Crippen molar-refractivity contribution in [3.05, 3.63) is 58.1 Å². The fourth-order valence-corrected chi connectivity index (χ4v) is 7.56. The van der Waals surface area contributed by atoms with Crippen LogP contribution in [0.4, 0.5) is 5.69 Å². The third-order valence-electron chi connectivity index (χ3n) is 9.04. The number of benzene rings is 2. The molecule has 3 aliphatic rings. The van der Waals surface area contributed by atoms with Crippen LogP contribution in [0, 0.1) is 11.3 Å². The number of fused-ring (bicyclic) bond motifs is 3. The number of nitrogens with one attached hydrogen (secondary N) is 1. The molecule has 3 atom stereocenters. The normalized spacial score (nSPS) is 28.0. The molecule has 0 unspecified atom stereocenters. The van der Waals surface area contributed by atoms with Gasteiger partial charge in [0.05, 0.1) is 17.5 Å². The number of amides is 1. The second-order valence-corrected chi connectivity index (χ2v) is 13.9. The molecule has 212 valence electrons. The Morgan fingerprint density at radius 2 is 1.90 bits per heavy atom. The van der Waals surface area contributed by atoms with E-state index in [2.05, 4.69) is 16.5 Å². The summed E-state index contributed by atoms with van der Waals surface area (Å²) >= 11 is 6.29. The summed E-state index contributed by atoms with van der Waals surface area (Å²) < 4.78 is 33.9. The van der Waals surface area contributed by atoms with Crippen LogP contribution < -0.4 is 14.4 Å². The Kier molecular flexibility index (Phi) is 8.45. The SMILES string of the molecule is C[C@@]12CC[C@H]1CN1CCCCc3cc(Cl)ccc3COc3ccc(cc31)C(=O)NS(=O)(=O)CCCCC[C@@H]2O. The van der Waals surface area contributed by atoms with E-state index in [9.17, 15) is 18.3 Å². The van der Waals surface area contributed by atoms with Gasteiger partial charge in [-0.25, -0.2) is 13.1 Å². The predicted octanol–water partition coefficient (Wildman–Crippen LogP) is 5.47. The van der Waals surface area contributed by atoms with Gasteiger partial charge in [-0.3, -0.25) is 4.79 Å². The van der Waals surface area contributed by atoms with E-state index in [4.69, 9.17) is 16.3 Å². The minimum atomic E-state index is -3.76. The number of carbonyl (C=O) groups is 1. The first-order valence-electron chi connectivity index (χ1n) is 14.2. The van der Waals surface area contributed by atoms with E-state index in [1.165, 1.54) is 5.56 Å². The summed E-state index contributed by atoms with van der Waals surface area (Å²) in [5.41, 5.74) is 3.15. The van der Waals surface area contributed by atoms with Crippen molar-refractivity contribution in [1.82, 2.24) is 4.72 Å². The number of sulfonamides is 1. The van der Waals surface area contributed by atoms with Crippen LogP contribution in [0.15, 0.2) is 36.4 Å². The van der Waals surface area contributed by atoms with Crippen molar-refractivity contribution in [1.29, 1.82) is 0 Å². The molecule has 2 aliphatic heterocycles. The van der Waals surface area contributed by atoms with Gasteiger partial charge in [0.2, 0.25) is 10.0 Å². The lowest BCUT2D eigenvalue weighted by molar-refractivity contribution is -0.0756. The van der Waals surface area contributed by atoms with E-state index in [1.54, 1.807) is 18.2 Å². The summed E-state index contributed by atoms with van der Waals surface area (Å²) in [5, 5.41) is 11.9. The Morgan fingerprint density at radius 1 is 1.05 bits per heavy atom. The van der Waals surface area contributed by atoms with E-state index in [0.717, 1.165) is 62.9 Å². The van der Waals surface area contributed by atoms with Gasteiger partial charge in [0, 0.05) is 23.7 Å². The zero-order valence-electron chi connectivity index (χ0n) is 22.6. The zero-order valence-corrected chi connectivity index (χ0v) is 24.2. The summed E-state index contributed by atoms with van der Waals surface area (Å²) in [7, 11) is -3.76. The van der Waals surface area contributed by atoms with Crippen LogP contribution in [0.3, 0.4) is 0 Å². The van der Waals surface area contributed by atoms with E-state index < -0.39 is 22.0 Å². The maximum absolute atomic E-state index is 13.1. The highest BCUT2D eigenvalue weighted by molar-refractivity contribution is 7.90. The molecule has 39 heavy (non-hydrogen) atoms. The molecule has 1 saturated carbocycles. The number of halogens is 1. The molecule has 2 aromatic rings. The number of rotatable bonds is 0. The number of anilines is 1. The number of ether oxygens (including phenoxy) is 1. The van der Waals surface area contributed by atoms with Gasteiger partial charge in [-0.15, -0.1) is 0 Å². The van der Waals surface area contributed by atoms with Gasteiger partial charge in [-0.1, -0.05) is 37.4 Å². The average Bonchev–Trinajstić information content (AvgIpc) is 2.92. The molecule has 1 aliphatic carbocycles. The molecule has 0 aromatic heterocycles. The van der Waals surface area contributed by atoms with Crippen LogP contribution in [-0.4, -0.2) is 44.4 Å². The number of aliphatic hydroxyl groups excluding tert-OH is 1. The smallest absolute Gasteiger partial charge is 0.264 e. The zero-order chi connectivity index (χ0) is 27.6. The fourth-order valence-electron chi connectivity index (χ4n) is 6.28. The van der Waals surface area contributed by atoms with Gasteiger partial charge in [-0.2, -0.15) is 0 Å². The van der Waals surface area contributed by atoms with Crippen LogP contribution in [-0.2, 0) is 23.1 Å². The van der Waals surface area contributed by atoms with Crippen molar-refractivity contribution in [2.75, 3.05) is 23.7 Å². The monoisotopic (exact) mass is 574 g/mol.